The van der Waals surface area contributed by atoms with Crippen molar-refractivity contribution in [1.82, 2.24) is 10.2 Å². The van der Waals surface area contributed by atoms with Crippen molar-refractivity contribution in [1.29, 1.82) is 0 Å². The van der Waals surface area contributed by atoms with E-state index in [1.807, 2.05) is 32.3 Å². The van der Waals surface area contributed by atoms with E-state index in [2.05, 4.69) is 27.2 Å². The fourth-order valence-electron chi connectivity index (χ4n) is 1.45. The molecule has 0 saturated carbocycles. The second-order valence-corrected chi connectivity index (χ2v) is 4.83. The molecule has 1 aromatic carbocycles. The summed E-state index contributed by atoms with van der Waals surface area (Å²) in [5, 5.41) is 7.59. The van der Waals surface area contributed by atoms with Crippen LogP contribution in [0.3, 0.4) is 0 Å². The van der Waals surface area contributed by atoms with Gasteiger partial charge in [0.15, 0.2) is 5.82 Å². The molecule has 0 unspecified atom stereocenters. The second-order valence-electron chi connectivity index (χ2n) is 3.74. The van der Waals surface area contributed by atoms with Crippen LogP contribution in [-0.4, -0.2) is 24.3 Å². The summed E-state index contributed by atoms with van der Waals surface area (Å²) >= 11 is 1.60. The maximum atomic E-state index is 5.79. The Morgan fingerprint density at radius 1 is 1.12 bits per heavy atom. The minimum absolute atomic E-state index is 0.464. The van der Waals surface area contributed by atoms with Gasteiger partial charge in [0.1, 0.15) is 0 Å². The molecule has 0 fully saturated rings. The Labute approximate surface area is 105 Å². The number of anilines is 2. The van der Waals surface area contributed by atoms with Gasteiger partial charge in [-0.2, -0.15) is 5.10 Å². The van der Waals surface area contributed by atoms with E-state index in [1.165, 1.54) is 0 Å². The number of hydrogen-bond acceptors (Lipinski definition) is 5. The van der Waals surface area contributed by atoms with Gasteiger partial charge >= 0.3 is 0 Å². The molecule has 0 bridgehead atoms. The molecule has 2 rings (SSSR count). The topological polar surface area (TPSA) is 55.0 Å². The first kappa shape index (κ1) is 11.7. The molecule has 0 saturated heterocycles. The Hall–Kier alpha value is -1.75. The number of aromatic nitrogens is 2. The summed E-state index contributed by atoms with van der Waals surface area (Å²) in [6.45, 7) is 0. The average Bonchev–Trinajstić information content (AvgIpc) is 2.32. The number of nitrogens with zero attached hydrogens (tertiary/aromatic N) is 3. The van der Waals surface area contributed by atoms with Gasteiger partial charge in [0, 0.05) is 19.0 Å². The highest BCUT2D eigenvalue weighted by atomic mass is 32.2. The summed E-state index contributed by atoms with van der Waals surface area (Å²) in [7, 11) is 4.04. The predicted molar refractivity (Wildman–Crippen MR) is 71.3 cm³/mol. The maximum Gasteiger partial charge on any atom is 0.160 e. The summed E-state index contributed by atoms with van der Waals surface area (Å²) in [5.41, 5.74) is 6.95. The van der Waals surface area contributed by atoms with Crippen molar-refractivity contribution in [2.45, 2.75) is 9.79 Å². The lowest BCUT2D eigenvalue weighted by Crippen LogP contribution is -2.09. The highest BCUT2D eigenvalue weighted by Crippen LogP contribution is 2.36. The number of benzene rings is 1. The minimum Gasteiger partial charge on any atom is -0.381 e. The fraction of sp³-hybridized carbons (Fsp3) is 0.167. The number of hydrogen-bond donors (Lipinski definition) is 1. The summed E-state index contributed by atoms with van der Waals surface area (Å²) < 4.78 is 0. The predicted octanol–water partition coefficient (Wildman–Crippen LogP) is 2.28. The molecule has 0 atom stereocenters. The SMILES string of the molecule is CN(C)c1ccccc1Sc1ccnnc1N. The van der Waals surface area contributed by atoms with Gasteiger partial charge in [-0.25, -0.2) is 0 Å². The lowest BCUT2D eigenvalue weighted by molar-refractivity contribution is 1.01. The zero-order valence-electron chi connectivity index (χ0n) is 9.79. The van der Waals surface area contributed by atoms with Crippen LogP contribution >= 0.6 is 11.8 Å². The first-order chi connectivity index (χ1) is 8.18. The molecule has 1 aromatic heterocycles. The molecule has 5 heteroatoms. The van der Waals surface area contributed by atoms with Crippen LogP contribution in [0.5, 0.6) is 0 Å². The summed E-state index contributed by atoms with van der Waals surface area (Å²) in [6, 6.07) is 10.1. The fourth-order valence-corrected chi connectivity index (χ4v) is 2.46. The van der Waals surface area contributed by atoms with Crippen molar-refractivity contribution in [2.24, 2.45) is 0 Å². The van der Waals surface area contributed by atoms with Gasteiger partial charge in [-0.1, -0.05) is 23.9 Å². The second kappa shape index (κ2) is 5.05. The van der Waals surface area contributed by atoms with E-state index in [9.17, 15) is 0 Å². The Morgan fingerprint density at radius 3 is 2.59 bits per heavy atom. The smallest absolute Gasteiger partial charge is 0.160 e. The van der Waals surface area contributed by atoms with Crippen LogP contribution in [0, 0.1) is 0 Å². The standard InChI is InChI=1S/C12H14N4S/c1-16(2)9-5-3-4-6-10(9)17-11-7-8-14-15-12(11)13/h3-8H,1-2H3,(H2,13,15). The normalized spacial score (nSPS) is 10.2. The number of nitrogens with two attached hydrogens (primary N) is 1. The molecule has 4 nitrogen and oxygen atoms in total. The minimum atomic E-state index is 0.464. The molecule has 1 heterocycles. The van der Waals surface area contributed by atoms with Gasteiger partial charge in [0.05, 0.1) is 16.8 Å². The van der Waals surface area contributed by atoms with E-state index < -0.39 is 0 Å². The van der Waals surface area contributed by atoms with Crippen LogP contribution in [0.25, 0.3) is 0 Å². The molecule has 2 aromatic rings. The van der Waals surface area contributed by atoms with Gasteiger partial charge in [0.25, 0.3) is 0 Å². The molecule has 0 aliphatic rings. The van der Waals surface area contributed by atoms with E-state index in [1.54, 1.807) is 18.0 Å². The van der Waals surface area contributed by atoms with Gasteiger partial charge in [-0.3, -0.25) is 0 Å². The van der Waals surface area contributed by atoms with Crippen LogP contribution in [0.2, 0.25) is 0 Å². The molecule has 2 N–H and O–H groups in total. The van der Waals surface area contributed by atoms with E-state index in [0.29, 0.717) is 5.82 Å². The van der Waals surface area contributed by atoms with Crippen molar-refractivity contribution < 1.29 is 0 Å². The maximum absolute atomic E-state index is 5.79. The van der Waals surface area contributed by atoms with Crippen LogP contribution in [0.4, 0.5) is 11.5 Å². The number of para-hydroxylation sites is 1. The average molecular weight is 246 g/mol. The molecular weight excluding hydrogens is 232 g/mol. The van der Waals surface area contributed by atoms with Gasteiger partial charge in [0.2, 0.25) is 0 Å². The van der Waals surface area contributed by atoms with Crippen molar-refractivity contribution >= 4 is 23.3 Å². The quantitative estimate of drug-likeness (QED) is 0.900. The van der Waals surface area contributed by atoms with Crippen molar-refractivity contribution in [3.63, 3.8) is 0 Å². The summed E-state index contributed by atoms with van der Waals surface area (Å²) in [5.74, 6) is 0.464. The number of rotatable bonds is 3. The van der Waals surface area contributed by atoms with Crippen LogP contribution in [0.1, 0.15) is 0 Å². The van der Waals surface area contributed by atoms with Crippen molar-refractivity contribution in [2.75, 3.05) is 24.7 Å². The third kappa shape index (κ3) is 2.68. The van der Waals surface area contributed by atoms with E-state index >= 15 is 0 Å². The lowest BCUT2D eigenvalue weighted by atomic mass is 10.3. The third-order valence-corrected chi connectivity index (χ3v) is 3.41. The first-order valence-corrected chi connectivity index (χ1v) is 6.01. The highest BCUT2D eigenvalue weighted by molar-refractivity contribution is 7.99. The summed E-state index contributed by atoms with van der Waals surface area (Å²) in [6.07, 6.45) is 1.65. The Balaban J connectivity index is 2.34. The molecular formula is C12H14N4S. The monoisotopic (exact) mass is 246 g/mol. The molecule has 0 spiro atoms. The van der Waals surface area contributed by atoms with Gasteiger partial charge in [-0.15, -0.1) is 5.10 Å². The van der Waals surface area contributed by atoms with Gasteiger partial charge in [-0.05, 0) is 18.2 Å². The van der Waals surface area contributed by atoms with Gasteiger partial charge < -0.3 is 10.6 Å². The van der Waals surface area contributed by atoms with E-state index in [0.717, 1.165) is 15.5 Å². The largest absolute Gasteiger partial charge is 0.381 e. The molecule has 0 aliphatic carbocycles. The molecule has 0 radical (unpaired) electrons. The van der Waals surface area contributed by atoms with Crippen LogP contribution in [0.15, 0.2) is 46.3 Å². The first-order valence-electron chi connectivity index (χ1n) is 5.20. The Morgan fingerprint density at radius 2 is 1.88 bits per heavy atom. The zero-order valence-corrected chi connectivity index (χ0v) is 10.6. The van der Waals surface area contributed by atoms with Crippen molar-refractivity contribution in [3.8, 4) is 0 Å². The Kier molecular flexibility index (Phi) is 3.49. The highest BCUT2D eigenvalue weighted by Gasteiger charge is 2.08. The van der Waals surface area contributed by atoms with E-state index in [-0.39, 0.29) is 0 Å². The van der Waals surface area contributed by atoms with E-state index in [4.69, 9.17) is 5.73 Å². The lowest BCUT2D eigenvalue weighted by Gasteiger charge is -2.16. The number of nitrogen functional groups attached to an aromatic ring is 1. The Bertz CT molecular complexity index is 513. The van der Waals surface area contributed by atoms with Crippen LogP contribution < -0.4 is 10.6 Å². The third-order valence-electron chi connectivity index (χ3n) is 2.28. The summed E-state index contributed by atoms with van der Waals surface area (Å²) in [4.78, 5) is 4.15. The molecule has 17 heavy (non-hydrogen) atoms. The molecule has 0 amide bonds. The zero-order chi connectivity index (χ0) is 12.3. The van der Waals surface area contributed by atoms with Crippen molar-refractivity contribution in [3.05, 3.63) is 36.5 Å². The molecule has 88 valence electrons. The van der Waals surface area contributed by atoms with Crippen LogP contribution in [-0.2, 0) is 0 Å². The molecule has 0 aliphatic heterocycles.